The predicted octanol–water partition coefficient (Wildman–Crippen LogP) is 1.92. The summed E-state index contributed by atoms with van der Waals surface area (Å²) in [6.07, 6.45) is 9.57. The lowest BCUT2D eigenvalue weighted by atomic mass is 9.98. The highest BCUT2D eigenvalue weighted by Gasteiger charge is 2.36. The normalized spacial score (nSPS) is 35.9. The van der Waals surface area contributed by atoms with E-state index in [1.165, 1.54) is 38.5 Å². The third kappa shape index (κ3) is 2.65. The smallest absolute Gasteiger partial charge is 0.222 e. The highest BCUT2D eigenvalue weighted by Crippen LogP contribution is 2.34. The SMILES string of the molecule is CN(C(=O)CCC1CC1)C1CC2CCC(C1)N2. The average Bonchev–Trinajstić information content (AvgIpc) is 3.11. The van der Waals surface area contributed by atoms with Gasteiger partial charge >= 0.3 is 0 Å². The van der Waals surface area contributed by atoms with Crippen molar-refractivity contribution >= 4 is 5.91 Å². The lowest BCUT2D eigenvalue weighted by molar-refractivity contribution is -0.132. The molecule has 96 valence electrons. The zero-order valence-electron chi connectivity index (χ0n) is 10.8. The topological polar surface area (TPSA) is 32.3 Å². The molecule has 1 saturated carbocycles. The minimum absolute atomic E-state index is 0.378. The van der Waals surface area contributed by atoms with Gasteiger partial charge < -0.3 is 10.2 Å². The van der Waals surface area contributed by atoms with Gasteiger partial charge in [0.2, 0.25) is 5.91 Å². The van der Waals surface area contributed by atoms with Gasteiger partial charge in [-0.15, -0.1) is 0 Å². The van der Waals surface area contributed by atoms with Crippen LogP contribution in [-0.4, -0.2) is 36.0 Å². The van der Waals surface area contributed by atoms with E-state index in [1.54, 1.807) is 0 Å². The Balaban J connectivity index is 1.50. The number of nitrogens with one attached hydrogen (secondary N) is 1. The van der Waals surface area contributed by atoms with Gasteiger partial charge in [0.15, 0.2) is 0 Å². The minimum atomic E-state index is 0.378. The second-order valence-electron chi connectivity index (χ2n) is 6.25. The van der Waals surface area contributed by atoms with Crippen molar-refractivity contribution in [3.8, 4) is 0 Å². The molecule has 0 aromatic carbocycles. The van der Waals surface area contributed by atoms with Crippen LogP contribution in [0.3, 0.4) is 0 Å². The van der Waals surface area contributed by atoms with Crippen molar-refractivity contribution in [1.82, 2.24) is 10.2 Å². The summed E-state index contributed by atoms with van der Waals surface area (Å²) in [4.78, 5) is 14.2. The molecule has 2 saturated heterocycles. The number of nitrogens with zero attached hydrogens (tertiary/aromatic N) is 1. The first kappa shape index (κ1) is 11.5. The molecule has 3 rings (SSSR count). The Bertz CT molecular complexity index is 289. The van der Waals surface area contributed by atoms with Gasteiger partial charge in [-0.2, -0.15) is 0 Å². The zero-order valence-corrected chi connectivity index (χ0v) is 10.8. The summed E-state index contributed by atoms with van der Waals surface area (Å²) >= 11 is 0. The highest BCUT2D eigenvalue weighted by atomic mass is 16.2. The molecule has 1 aliphatic carbocycles. The zero-order chi connectivity index (χ0) is 11.8. The number of amides is 1. The fourth-order valence-electron chi connectivity index (χ4n) is 3.46. The van der Waals surface area contributed by atoms with Crippen LogP contribution in [-0.2, 0) is 4.79 Å². The van der Waals surface area contributed by atoms with Gasteiger partial charge in [0.1, 0.15) is 0 Å². The van der Waals surface area contributed by atoms with E-state index >= 15 is 0 Å². The number of carbonyl (C=O) groups is 1. The van der Waals surface area contributed by atoms with Gasteiger partial charge in [-0.05, 0) is 38.0 Å². The lowest BCUT2D eigenvalue weighted by Gasteiger charge is -2.35. The van der Waals surface area contributed by atoms with Gasteiger partial charge in [0, 0.05) is 31.6 Å². The first-order chi connectivity index (χ1) is 8.22. The van der Waals surface area contributed by atoms with Gasteiger partial charge in [-0.25, -0.2) is 0 Å². The molecule has 2 aliphatic heterocycles. The van der Waals surface area contributed by atoms with E-state index in [1.807, 2.05) is 7.05 Å². The molecule has 3 heteroatoms. The third-order valence-corrected chi connectivity index (χ3v) is 4.85. The standard InChI is InChI=1S/C14H24N2O/c1-16(14(17)7-4-10-2-3-10)13-8-11-5-6-12(9-13)15-11/h10-13,15H,2-9H2,1H3. The van der Waals surface area contributed by atoms with Crippen LogP contribution in [0.2, 0.25) is 0 Å². The Kier molecular flexibility index (Phi) is 3.12. The third-order valence-electron chi connectivity index (χ3n) is 4.85. The van der Waals surface area contributed by atoms with E-state index < -0.39 is 0 Å². The van der Waals surface area contributed by atoms with Crippen LogP contribution in [0.5, 0.6) is 0 Å². The van der Waals surface area contributed by atoms with Crippen LogP contribution >= 0.6 is 0 Å². The molecular weight excluding hydrogens is 212 g/mol. The molecular formula is C14H24N2O. The molecule has 3 aliphatic rings. The molecule has 0 aromatic heterocycles. The van der Waals surface area contributed by atoms with Crippen molar-refractivity contribution in [2.75, 3.05) is 7.05 Å². The molecule has 17 heavy (non-hydrogen) atoms. The van der Waals surface area contributed by atoms with Crippen LogP contribution in [0.15, 0.2) is 0 Å². The molecule has 2 bridgehead atoms. The van der Waals surface area contributed by atoms with Crippen molar-refractivity contribution < 1.29 is 4.79 Å². The van der Waals surface area contributed by atoms with E-state index in [2.05, 4.69) is 10.2 Å². The van der Waals surface area contributed by atoms with Crippen molar-refractivity contribution in [2.45, 2.75) is 69.5 Å². The summed E-state index contributed by atoms with van der Waals surface area (Å²) < 4.78 is 0. The van der Waals surface area contributed by atoms with Crippen molar-refractivity contribution in [2.24, 2.45) is 5.92 Å². The fraction of sp³-hybridized carbons (Fsp3) is 0.929. The molecule has 0 aromatic rings. The lowest BCUT2D eigenvalue weighted by Crippen LogP contribution is -2.48. The van der Waals surface area contributed by atoms with E-state index in [9.17, 15) is 4.79 Å². The van der Waals surface area contributed by atoms with Gasteiger partial charge in [0.25, 0.3) is 0 Å². The second-order valence-corrected chi connectivity index (χ2v) is 6.25. The van der Waals surface area contributed by atoms with Gasteiger partial charge in [0.05, 0.1) is 0 Å². The van der Waals surface area contributed by atoms with Crippen LogP contribution in [0.1, 0.15) is 51.4 Å². The Morgan fingerprint density at radius 1 is 1.18 bits per heavy atom. The summed E-state index contributed by atoms with van der Waals surface area (Å²) in [5.41, 5.74) is 0. The Hall–Kier alpha value is -0.570. The molecule has 0 spiro atoms. The summed E-state index contributed by atoms with van der Waals surface area (Å²) in [6, 6.07) is 1.86. The summed E-state index contributed by atoms with van der Waals surface area (Å²) in [6.45, 7) is 0. The Labute approximate surface area is 104 Å². The Morgan fingerprint density at radius 2 is 1.82 bits per heavy atom. The van der Waals surface area contributed by atoms with Crippen molar-refractivity contribution in [3.05, 3.63) is 0 Å². The molecule has 2 atom stereocenters. The van der Waals surface area contributed by atoms with Crippen LogP contribution < -0.4 is 5.32 Å². The van der Waals surface area contributed by atoms with E-state index in [0.717, 1.165) is 18.8 Å². The van der Waals surface area contributed by atoms with Gasteiger partial charge in [-0.1, -0.05) is 12.8 Å². The van der Waals surface area contributed by atoms with Crippen molar-refractivity contribution in [1.29, 1.82) is 0 Å². The number of rotatable bonds is 4. The molecule has 1 N–H and O–H groups in total. The number of piperidine rings is 1. The monoisotopic (exact) mass is 236 g/mol. The van der Waals surface area contributed by atoms with Crippen molar-refractivity contribution in [3.63, 3.8) is 0 Å². The summed E-state index contributed by atoms with van der Waals surface area (Å²) in [7, 11) is 2.02. The quantitative estimate of drug-likeness (QED) is 0.809. The van der Waals surface area contributed by atoms with E-state index in [-0.39, 0.29) is 0 Å². The predicted molar refractivity (Wildman–Crippen MR) is 67.7 cm³/mol. The number of hydrogen-bond acceptors (Lipinski definition) is 2. The number of hydrogen-bond donors (Lipinski definition) is 1. The molecule has 2 unspecified atom stereocenters. The summed E-state index contributed by atoms with van der Waals surface area (Å²) in [5.74, 6) is 1.25. The van der Waals surface area contributed by atoms with Crippen LogP contribution in [0.25, 0.3) is 0 Å². The second kappa shape index (κ2) is 4.60. The molecule has 2 heterocycles. The van der Waals surface area contributed by atoms with E-state index in [0.29, 0.717) is 24.0 Å². The minimum Gasteiger partial charge on any atom is -0.343 e. The molecule has 0 radical (unpaired) electrons. The van der Waals surface area contributed by atoms with Gasteiger partial charge in [-0.3, -0.25) is 4.79 Å². The summed E-state index contributed by atoms with van der Waals surface area (Å²) in [5, 5.41) is 3.64. The molecule has 1 amide bonds. The largest absolute Gasteiger partial charge is 0.343 e. The maximum Gasteiger partial charge on any atom is 0.222 e. The first-order valence-electron chi connectivity index (χ1n) is 7.24. The maximum absolute atomic E-state index is 12.1. The molecule has 3 fully saturated rings. The molecule has 3 nitrogen and oxygen atoms in total. The Morgan fingerprint density at radius 3 is 2.41 bits per heavy atom. The van der Waals surface area contributed by atoms with Crippen LogP contribution in [0.4, 0.5) is 0 Å². The number of carbonyl (C=O) groups excluding carboxylic acids is 1. The highest BCUT2D eigenvalue weighted by molar-refractivity contribution is 5.76. The van der Waals surface area contributed by atoms with E-state index in [4.69, 9.17) is 0 Å². The fourth-order valence-corrected chi connectivity index (χ4v) is 3.46. The maximum atomic E-state index is 12.1. The number of fused-ring (bicyclic) bond motifs is 2. The average molecular weight is 236 g/mol. The van der Waals surface area contributed by atoms with Crippen LogP contribution in [0, 0.1) is 5.92 Å². The first-order valence-corrected chi connectivity index (χ1v) is 7.24.